The zero-order valence-corrected chi connectivity index (χ0v) is 12.8. The largest absolute Gasteiger partial charge is 0.478 e. The third-order valence-electron chi connectivity index (χ3n) is 2.87. The molecule has 2 aromatic rings. The first kappa shape index (κ1) is 16.6. The molecule has 118 valence electrons. The predicted octanol–water partition coefficient (Wildman–Crippen LogP) is 3.45. The second-order valence-corrected chi connectivity index (χ2v) is 5.22. The van der Waals surface area contributed by atoms with Crippen LogP contribution in [0.4, 0.5) is 15.8 Å². The van der Waals surface area contributed by atoms with E-state index in [1.807, 2.05) is 0 Å². The molecule has 0 unspecified atom stereocenters. The number of rotatable bonds is 4. The quantitative estimate of drug-likeness (QED) is 0.621. The lowest BCUT2D eigenvalue weighted by Crippen LogP contribution is -2.15. The number of nitro benzene ring substituents is 1. The summed E-state index contributed by atoms with van der Waals surface area (Å²) < 4.78 is 13.2. The van der Waals surface area contributed by atoms with Gasteiger partial charge in [-0.25, -0.2) is 9.18 Å². The van der Waals surface area contributed by atoms with Gasteiger partial charge in [0.2, 0.25) is 0 Å². The van der Waals surface area contributed by atoms with Crippen LogP contribution in [0.2, 0.25) is 0 Å². The topological polar surface area (TPSA) is 110 Å². The molecule has 0 aliphatic carbocycles. The Bertz CT molecular complexity index is 825. The molecule has 0 atom stereocenters. The average Bonchev–Trinajstić information content (AvgIpc) is 2.46. The average molecular weight is 383 g/mol. The molecule has 0 aliphatic rings. The molecular weight excluding hydrogens is 375 g/mol. The summed E-state index contributed by atoms with van der Waals surface area (Å²) in [6, 6.07) is 6.42. The van der Waals surface area contributed by atoms with E-state index in [0.29, 0.717) is 0 Å². The molecule has 0 bridgehead atoms. The first-order valence-corrected chi connectivity index (χ1v) is 6.87. The number of carboxylic acid groups (broad SMARTS) is 1. The van der Waals surface area contributed by atoms with Crippen LogP contribution in [0.15, 0.2) is 40.9 Å². The zero-order chi connectivity index (χ0) is 17.1. The van der Waals surface area contributed by atoms with E-state index in [1.165, 1.54) is 6.07 Å². The van der Waals surface area contributed by atoms with E-state index in [2.05, 4.69) is 21.2 Å². The number of anilines is 1. The second kappa shape index (κ2) is 6.53. The maximum atomic E-state index is 13.0. The van der Waals surface area contributed by atoms with Crippen LogP contribution >= 0.6 is 15.9 Å². The molecule has 0 radical (unpaired) electrons. The first-order valence-electron chi connectivity index (χ1n) is 6.07. The number of hydrogen-bond donors (Lipinski definition) is 2. The van der Waals surface area contributed by atoms with Gasteiger partial charge in [-0.2, -0.15) is 0 Å². The highest BCUT2D eigenvalue weighted by molar-refractivity contribution is 9.10. The van der Waals surface area contributed by atoms with Crippen molar-refractivity contribution in [2.75, 3.05) is 5.32 Å². The minimum absolute atomic E-state index is 0.0843. The molecule has 0 saturated heterocycles. The highest BCUT2D eigenvalue weighted by atomic mass is 79.9. The zero-order valence-electron chi connectivity index (χ0n) is 11.2. The van der Waals surface area contributed by atoms with Crippen molar-refractivity contribution in [2.45, 2.75) is 0 Å². The highest BCUT2D eigenvalue weighted by Crippen LogP contribution is 2.24. The van der Waals surface area contributed by atoms with Crippen molar-refractivity contribution >= 4 is 39.2 Å². The summed E-state index contributed by atoms with van der Waals surface area (Å²) in [5, 5.41) is 22.1. The third kappa shape index (κ3) is 3.69. The number of carbonyl (C=O) groups excluding carboxylic acids is 1. The summed E-state index contributed by atoms with van der Waals surface area (Å²) in [5.41, 5.74) is -0.862. The summed E-state index contributed by atoms with van der Waals surface area (Å²) in [6.07, 6.45) is 0. The fourth-order valence-electron chi connectivity index (χ4n) is 1.80. The molecule has 2 aromatic carbocycles. The Morgan fingerprint density at radius 1 is 1.17 bits per heavy atom. The van der Waals surface area contributed by atoms with Gasteiger partial charge in [0.1, 0.15) is 5.82 Å². The molecule has 0 aliphatic heterocycles. The Kier molecular flexibility index (Phi) is 4.70. The van der Waals surface area contributed by atoms with E-state index >= 15 is 0 Å². The maximum absolute atomic E-state index is 13.0. The minimum Gasteiger partial charge on any atom is -0.478 e. The fraction of sp³-hybridized carbons (Fsp3) is 0. The summed E-state index contributed by atoms with van der Waals surface area (Å²) in [5.74, 6) is -2.66. The summed E-state index contributed by atoms with van der Waals surface area (Å²) in [6.45, 7) is 0. The second-order valence-electron chi connectivity index (χ2n) is 4.37. The summed E-state index contributed by atoms with van der Waals surface area (Å²) in [7, 11) is 0. The van der Waals surface area contributed by atoms with Crippen LogP contribution in [0.25, 0.3) is 0 Å². The Balaban J connectivity index is 2.37. The molecule has 2 rings (SSSR count). The van der Waals surface area contributed by atoms with Crippen LogP contribution < -0.4 is 5.32 Å². The lowest BCUT2D eigenvalue weighted by atomic mass is 10.1. The SMILES string of the molecule is O=C(Nc1ccc([N+](=O)[O-])cc1C(=O)O)c1ccc(F)cc1Br. The van der Waals surface area contributed by atoms with Gasteiger partial charge in [-0.15, -0.1) is 0 Å². The molecule has 0 spiro atoms. The van der Waals surface area contributed by atoms with Crippen molar-refractivity contribution in [1.82, 2.24) is 0 Å². The van der Waals surface area contributed by atoms with Crippen molar-refractivity contribution in [3.05, 3.63) is 67.9 Å². The van der Waals surface area contributed by atoms with Gasteiger partial charge in [0.05, 0.1) is 21.7 Å². The van der Waals surface area contributed by atoms with Crippen molar-refractivity contribution < 1.29 is 24.0 Å². The molecule has 0 aromatic heterocycles. The van der Waals surface area contributed by atoms with Gasteiger partial charge in [0.25, 0.3) is 11.6 Å². The van der Waals surface area contributed by atoms with Crippen molar-refractivity contribution in [3.8, 4) is 0 Å². The number of amides is 1. The predicted molar refractivity (Wildman–Crippen MR) is 82.1 cm³/mol. The fourth-order valence-corrected chi connectivity index (χ4v) is 2.33. The van der Waals surface area contributed by atoms with Crippen molar-refractivity contribution in [2.24, 2.45) is 0 Å². The van der Waals surface area contributed by atoms with Crippen LogP contribution in [0.1, 0.15) is 20.7 Å². The number of carbonyl (C=O) groups is 2. The van der Waals surface area contributed by atoms with E-state index in [1.54, 1.807) is 0 Å². The Hall–Kier alpha value is -2.81. The Morgan fingerprint density at radius 3 is 2.43 bits per heavy atom. The number of nitrogens with zero attached hydrogens (tertiary/aromatic N) is 1. The van der Waals surface area contributed by atoms with E-state index in [4.69, 9.17) is 5.11 Å². The minimum atomic E-state index is -1.43. The van der Waals surface area contributed by atoms with Gasteiger partial charge in [-0.05, 0) is 40.2 Å². The monoisotopic (exact) mass is 382 g/mol. The molecule has 0 fully saturated rings. The standard InChI is InChI=1S/C14H8BrFN2O5/c15-11-5-7(16)1-3-9(11)13(19)17-12-4-2-8(18(22)23)6-10(12)14(20)21/h1-6H,(H,17,19)(H,20,21). The van der Waals surface area contributed by atoms with Gasteiger partial charge in [-0.1, -0.05) is 0 Å². The Labute approximate surface area is 137 Å². The van der Waals surface area contributed by atoms with E-state index in [9.17, 15) is 24.1 Å². The number of nitro groups is 1. The van der Waals surface area contributed by atoms with E-state index in [-0.39, 0.29) is 15.7 Å². The van der Waals surface area contributed by atoms with Crippen molar-refractivity contribution in [3.63, 3.8) is 0 Å². The van der Waals surface area contributed by atoms with Crippen LogP contribution in [-0.2, 0) is 0 Å². The van der Waals surface area contributed by atoms with Gasteiger partial charge in [0, 0.05) is 16.6 Å². The van der Waals surface area contributed by atoms with Gasteiger partial charge >= 0.3 is 5.97 Å². The summed E-state index contributed by atoms with van der Waals surface area (Å²) >= 11 is 3.03. The van der Waals surface area contributed by atoms with Crippen LogP contribution in [-0.4, -0.2) is 21.9 Å². The third-order valence-corrected chi connectivity index (χ3v) is 3.52. The molecule has 7 nitrogen and oxygen atoms in total. The van der Waals surface area contributed by atoms with E-state index in [0.717, 1.165) is 30.3 Å². The molecule has 9 heteroatoms. The van der Waals surface area contributed by atoms with Crippen LogP contribution in [0.5, 0.6) is 0 Å². The molecule has 23 heavy (non-hydrogen) atoms. The van der Waals surface area contributed by atoms with Crippen LogP contribution in [0, 0.1) is 15.9 Å². The molecule has 2 N–H and O–H groups in total. The Morgan fingerprint density at radius 2 is 1.87 bits per heavy atom. The maximum Gasteiger partial charge on any atom is 0.338 e. The number of carboxylic acids is 1. The number of benzene rings is 2. The lowest BCUT2D eigenvalue weighted by molar-refractivity contribution is -0.384. The number of aromatic carboxylic acids is 1. The normalized spacial score (nSPS) is 10.2. The van der Waals surface area contributed by atoms with Crippen LogP contribution in [0.3, 0.4) is 0 Å². The molecule has 0 heterocycles. The number of hydrogen-bond acceptors (Lipinski definition) is 4. The van der Waals surface area contributed by atoms with Gasteiger partial charge in [0.15, 0.2) is 0 Å². The number of nitrogens with one attached hydrogen (secondary N) is 1. The van der Waals surface area contributed by atoms with Gasteiger partial charge in [-0.3, -0.25) is 14.9 Å². The smallest absolute Gasteiger partial charge is 0.338 e. The first-order chi connectivity index (χ1) is 10.8. The number of halogens is 2. The van der Waals surface area contributed by atoms with Crippen molar-refractivity contribution in [1.29, 1.82) is 0 Å². The lowest BCUT2D eigenvalue weighted by Gasteiger charge is -2.09. The highest BCUT2D eigenvalue weighted by Gasteiger charge is 2.19. The molecular formula is C14H8BrFN2O5. The molecule has 0 saturated carbocycles. The molecule has 1 amide bonds. The van der Waals surface area contributed by atoms with E-state index < -0.39 is 33.9 Å². The summed E-state index contributed by atoms with van der Waals surface area (Å²) in [4.78, 5) is 33.3. The number of non-ortho nitro benzene ring substituents is 1. The van der Waals surface area contributed by atoms with Gasteiger partial charge < -0.3 is 10.4 Å².